The lowest BCUT2D eigenvalue weighted by Gasteiger charge is -2.22. The Kier molecular flexibility index (Phi) is 4.15. The van der Waals surface area contributed by atoms with Gasteiger partial charge in [-0.3, -0.25) is 9.59 Å². The van der Waals surface area contributed by atoms with Crippen molar-refractivity contribution in [1.29, 1.82) is 0 Å². The van der Waals surface area contributed by atoms with Crippen molar-refractivity contribution in [3.8, 4) is 0 Å². The van der Waals surface area contributed by atoms with E-state index in [1.807, 2.05) is 0 Å². The van der Waals surface area contributed by atoms with Gasteiger partial charge < -0.3 is 20.1 Å². The summed E-state index contributed by atoms with van der Waals surface area (Å²) in [6.07, 6.45) is 2.92. The fourth-order valence-electron chi connectivity index (χ4n) is 2.06. The molecule has 0 aliphatic heterocycles. The summed E-state index contributed by atoms with van der Waals surface area (Å²) in [7, 11) is 0. The van der Waals surface area contributed by atoms with Gasteiger partial charge in [-0.05, 0) is 32.6 Å². The first-order valence-corrected chi connectivity index (χ1v) is 6.92. The lowest BCUT2D eigenvalue weighted by Crippen LogP contribution is -2.46. The molecule has 0 spiro atoms. The fraction of sp³-hybridized carbons (Fsp3) is 0.769. The van der Waals surface area contributed by atoms with Crippen LogP contribution in [0.2, 0.25) is 0 Å². The molecule has 20 heavy (non-hydrogen) atoms. The Balaban J connectivity index is 1.84. The minimum absolute atomic E-state index is 0.0689. The van der Waals surface area contributed by atoms with Gasteiger partial charge in [-0.1, -0.05) is 0 Å². The van der Waals surface area contributed by atoms with Crippen molar-refractivity contribution in [3.63, 3.8) is 0 Å². The fourth-order valence-corrected chi connectivity index (χ4v) is 2.06. The molecule has 2 rings (SSSR count). The quantitative estimate of drug-likeness (QED) is 0.667. The van der Waals surface area contributed by atoms with Crippen molar-refractivity contribution in [2.45, 2.75) is 38.6 Å². The van der Waals surface area contributed by atoms with Gasteiger partial charge in [0.15, 0.2) is 0 Å². The van der Waals surface area contributed by atoms with Crippen molar-refractivity contribution in [3.05, 3.63) is 0 Å². The molecular weight excluding hydrogens is 264 g/mol. The van der Waals surface area contributed by atoms with Crippen LogP contribution in [-0.4, -0.2) is 53.7 Å². The smallest absolute Gasteiger partial charge is 0.325 e. The van der Waals surface area contributed by atoms with E-state index in [1.54, 1.807) is 6.92 Å². The zero-order valence-corrected chi connectivity index (χ0v) is 11.6. The van der Waals surface area contributed by atoms with Crippen LogP contribution in [0.25, 0.3) is 0 Å². The molecule has 0 radical (unpaired) electrons. The van der Waals surface area contributed by atoms with Gasteiger partial charge in [-0.15, -0.1) is 0 Å². The molecule has 0 aromatic rings. The maximum absolute atomic E-state index is 12.1. The Bertz CT molecular complexity index is 415. The topological polar surface area (TPSA) is 95.9 Å². The summed E-state index contributed by atoms with van der Waals surface area (Å²) in [5, 5.41) is 11.7. The van der Waals surface area contributed by atoms with Crippen LogP contribution in [0, 0.1) is 5.41 Å². The lowest BCUT2D eigenvalue weighted by atomic mass is 10.1. The monoisotopic (exact) mass is 284 g/mol. The summed E-state index contributed by atoms with van der Waals surface area (Å²) in [5.41, 5.74) is -0.797. The zero-order valence-electron chi connectivity index (χ0n) is 11.6. The zero-order chi connectivity index (χ0) is 14.8. The van der Waals surface area contributed by atoms with Gasteiger partial charge in [0.05, 0.1) is 12.0 Å². The first kappa shape index (κ1) is 14.6. The van der Waals surface area contributed by atoms with Crippen LogP contribution in [0.1, 0.15) is 32.6 Å². The van der Waals surface area contributed by atoms with E-state index in [1.165, 1.54) is 4.90 Å². The van der Waals surface area contributed by atoms with Gasteiger partial charge in [0.25, 0.3) is 0 Å². The van der Waals surface area contributed by atoms with E-state index < -0.39 is 17.4 Å². The third-order valence-electron chi connectivity index (χ3n) is 3.74. The van der Waals surface area contributed by atoms with E-state index in [9.17, 15) is 14.4 Å². The van der Waals surface area contributed by atoms with Crippen LogP contribution in [0.5, 0.6) is 0 Å². The molecule has 0 aromatic heterocycles. The standard InChI is InChI=1S/C13H20N2O5/c1-2-20-10(16)7-15(9-3-4-9)12(19)14-8-13(5-6-13)11(17)18/h9H,2-8H2,1H3,(H,14,19)(H,17,18). The van der Waals surface area contributed by atoms with Crippen molar-refractivity contribution < 1.29 is 24.2 Å². The Morgan fingerprint density at radius 1 is 1.35 bits per heavy atom. The number of carboxylic acids is 1. The van der Waals surface area contributed by atoms with Gasteiger partial charge in [0, 0.05) is 12.6 Å². The second-order valence-corrected chi connectivity index (χ2v) is 5.41. The number of amides is 2. The maximum Gasteiger partial charge on any atom is 0.325 e. The van der Waals surface area contributed by atoms with Crippen LogP contribution in [0.4, 0.5) is 4.79 Å². The Morgan fingerprint density at radius 3 is 2.45 bits per heavy atom. The van der Waals surface area contributed by atoms with E-state index in [2.05, 4.69) is 5.32 Å². The van der Waals surface area contributed by atoms with Crippen molar-refractivity contribution in [2.24, 2.45) is 5.41 Å². The Morgan fingerprint density at radius 2 is 2.00 bits per heavy atom. The van der Waals surface area contributed by atoms with Gasteiger partial charge in [0.1, 0.15) is 6.54 Å². The highest BCUT2D eigenvalue weighted by atomic mass is 16.5. The molecule has 2 aliphatic rings. The molecule has 0 heterocycles. The third kappa shape index (κ3) is 3.40. The maximum atomic E-state index is 12.1. The van der Waals surface area contributed by atoms with E-state index in [-0.39, 0.29) is 31.8 Å². The number of esters is 1. The number of nitrogens with zero attached hydrogens (tertiary/aromatic N) is 1. The predicted molar refractivity (Wildman–Crippen MR) is 69.1 cm³/mol. The summed E-state index contributed by atoms with van der Waals surface area (Å²) in [5.74, 6) is -1.31. The molecule has 2 fully saturated rings. The second-order valence-electron chi connectivity index (χ2n) is 5.41. The molecule has 7 heteroatoms. The first-order chi connectivity index (χ1) is 9.48. The minimum Gasteiger partial charge on any atom is -0.481 e. The molecule has 2 saturated carbocycles. The molecule has 2 aliphatic carbocycles. The van der Waals surface area contributed by atoms with Crippen LogP contribution >= 0.6 is 0 Å². The average molecular weight is 284 g/mol. The summed E-state index contributed by atoms with van der Waals surface area (Å²) in [6, 6.07) is -0.313. The highest BCUT2D eigenvalue weighted by molar-refractivity contribution is 5.83. The summed E-state index contributed by atoms with van der Waals surface area (Å²) in [4.78, 5) is 36.0. The molecule has 0 unspecified atom stereocenters. The lowest BCUT2D eigenvalue weighted by molar-refractivity contribution is -0.144. The minimum atomic E-state index is -0.874. The summed E-state index contributed by atoms with van der Waals surface area (Å²) < 4.78 is 4.84. The van der Waals surface area contributed by atoms with E-state index >= 15 is 0 Å². The van der Waals surface area contributed by atoms with Gasteiger partial charge in [0.2, 0.25) is 0 Å². The number of carboxylic acid groups (broad SMARTS) is 1. The predicted octanol–water partition coefficient (Wildman–Crippen LogP) is 0.588. The van der Waals surface area contributed by atoms with Crippen LogP contribution in [-0.2, 0) is 14.3 Å². The SMILES string of the molecule is CCOC(=O)CN(C(=O)NCC1(C(=O)O)CC1)C1CC1. The molecule has 0 atom stereocenters. The normalized spacial score (nSPS) is 19.1. The number of ether oxygens (including phenoxy) is 1. The third-order valence-corrected chi connectivity index (χ3v) is 3.74. The molecule has 2 amide bonds. The number of rotatable bonds is 7. The number of aliphatic carboxylic acids is 1. The average Bonchev–Trinajstić information content (AvgIpc) is 3.27. The molecular formula is C13H20N2O5. The van der Waals surface area contributed by atoms with E-state index in [0.717, 1.165) is 12.8 Å². The number of hydrogen-bond acceptors (Lipinski definition) is 4. The molecule has 0 bridgehead atoms. The number of nitrogens with one attached hydrogen (secondary N) is 1. The number of carbonyl (C=O) groups excluding carboxylic acids is 2. The summed E-state index contributed by atoms with van der Waals surface area (Å²) >= 11 is 0. The molecule has 7 nitrogen and oxygen atoms in total. The molecule has 112 valence electrons. The van der Waals surface area contributed by atoms with Gasteiger partial charge >= 0.3 is 18.0 Å². The first-order valence-electron chi connectivity index (χ1n) is 6.92. The van der Waals surface area contributed by atoms with Gasteiger partial charge in [-0.25, -0.2) is 4.79 Å². The molecule has 0 aromatic carbocycles. The van der Waals surface area contributed by atoms with E-state index in [0.29, 0.717) is 12.8 Å². The number of hydrogen-bond donors (Lipinski definition) is 2. The second kappa shape index (κ2) is 5.68. The van der Waals surface area contributed by atoms with Gasteiger partial charge in [-0.2, -0.15) is 0 Å². The largest absolute Gasteiger partial charge is 0.481 e. The number of carbonyl (C=O) groups is 3. The van der Waals surface area contributed by atoms with Crippen molar-refractivity contribution in [1.82, 2.24) is 10.2 Å². The Labute approximate surface area is 117 Å². The number of urea groups is 1. The highest BCUT2D eigenvalue weighted by Gasteiger charge is 2.50. The molecule has 2 N–H and O–H groups in total. The summed E-state index contributed by atoms with van der Waals surface area (Å²) in [6.45, 7) is 2.03. The highest BCUT2D eigenvalue weighted by Crippen LogP contribution is 2.45. The molecule has 0 saturated heterocycles. The van der Waals surface area contributed by atoms with E-state index in [4.69, 9.17) is 9.84 Å². The Hall–Kier alpha value is -1.79. The van der Waals surface area contributed by atoms with Crippen LogP contribution in [0.3, 0.4) is 0 Å². The van der Waals surface area contributed by atoms with Crippen molar-refractivity contribution >= 4 is 18.0 Å². The van der Waals surface area contributed by atoms with Crippen molar-refractivity contribution in [2.75, 3.05) is 19.7 Å². The van der Waals surface area contributed by atoms with Crippen LogP contribution < -0.4 is 5.32 Å². The van der Waals surface area contributed by atoms with Crippen LogP contribution in [0.15, 0.2) is 0 Å².